The molecule has 3 rings (SSSR count). The maximum absolute atomic E-state index is 12.6. The van der Waals surface area contributed by atoms with E-state index in [4.69, 9.17) is 11.6 Å². The van der Waals surface area contributed by atoms with E-state index in [-0.39, 0.29) is 11.8 Å². The lowest BCUT2D eigenvalue weighted by Gasteiger charge is -2.24. The van der Waals surface area contributed by atoms with Crippen molar-refractivity contribution < 1.29 is 9.59 Å². The zero-order valence-corrected chi connectivity index (χ0v) is 13.2. The molecule has 0 radical (unpaired) electrons. The molecule has 0 spiro atoms. The number of hydrogen-bond acceptors (Lipinski definition) is 3. The van der Waals surface area contributed by atoms with Crippen LogP contribution < -0.4 is 5.32 Å². The average molecular weight is 330 g/mol. The van der Waals surface area contributed by atoms with Crippen LogP contribution in [0.3, 0.4) is 0 Å². The first-order chi connectivity index (χ1) is 11.1. The van der Waals surface area contributed by atoms with E-state index in [1.807, 2.05) is 0 Å². The molecule has 1 aliphatic rings. The van der Waals surface area contributed by atoms with Gasteiger partial charge in [0.2, 0.25) is 5.91 Å². The smallest absolute Gasteiger partial charge is 0.254 e. The molecule has 0 unspecified atom stereocenters. The number of halogens is 1. The molecule has 0 bridgehead atoms. The normalized spacial score (nSPS) is 17.1. The Hall–Kier alpha value is -2.40. The van der Waals surface area contributed by atoms with Crippen molar-refractivity contribution in [2.75, 3.05) is 11.9 Å². The molecule has 1 N–H and O–H groups in total. The number of nitrogens with zero attached hydrogens (tertiary/aromatic N) is 2. The molecule has 2 aromatic rings. The minimum Gasteiger partial charge on any atom is -0.327 e. The molecule has 0 saturated carbocycles. The molecule has 1 fully saturated rings. The van der Waals surface area contributed by atoms with Gasteiger partial charge in [0, 0.05) is 35.2 Å². The predicted octanol–water partition coefficient (Wildman–Crippen LogP) is 2.98. The van der Waals surface area contributed by atoms with Crippen LogP contribution >= 0.6 is 11.6 Å². The van der Waals surface area contributed by atoms with Gasteiger partial charge in [0.25, 0.3) is 5.91 Å². The van der Waals surface area contributed by atoms with Gasteiger partial charge in [0.05, 0.1) is 0 Å². The number of carbonyl (C=O) groups excluding carboxylic acids is 2. The summed E-state index contributed by atoms with van der Waals surface area (Å²) in [5, 5.41) is 3.45. The Balaban J connectivity index is 1.72. The molecule has 1 atom stereocenters. The van der Waals surface area contributed by atoms with Crippen molar-refractivity contribution >= 4 is 29.1 Å². The molecular formula is C17H16ClN3O2. The van der Waals surface area contributed by atoms with Gasteiger partial charge in [-0.1, -0.05) is 11.6 Å². The molecular weight excluding hydrogens is 314 g/mol. The molecule has 2 heterocycles. The fourth-order valence-corrected chi connectivity index (χ4v) is 2.83. The van der Waals surface area contributed by atoms with E-state index in [2.05, 4.69) is 10.3 Å². The Labute approximate surface area is 139 Å². The van der Waals surface area contributed by atoms with E-state index < -0.39 is 6.04 Å². The van der Waals surface area contributed by atoms with Crippen LogP contribution in [0.1, 0.15) is 23.2 Å². The summed E-state index contributed by atoms with van der Waals surface area (Å²) in [6.07, 6.45) is 4.63. The maximum atomic E-state index is 12.6. The third-order valence-electron chi connectivity index (χ3n) is 3.86. The van der Waals surface area contributed by atoms with E-state index >= 15 is 0 Å². The standard InChI is InChI=1S/C17H16ClN3O2/c18-13-3-5-14(6-4-13)20-16(22)15-2-1-11-21(15)17(23)12-7-9-19-10-8-12/h3-10,15H,1-2,11H2,(H,20,22)/t15-/m0/s1. The monoisotopic (exact) mass is 329 g/mol. The number of carbonyl (C=O) groups is 2. The van der Waals surface area contributed by atoms with Crippen LogP contribution in [0.15, 0.2) is 48.8 Å². The van der Waals surface area contributed by atoms with Gasteiger partial charge in [-0.15, -0.1) is 0 Å². The summed E-state index contributed by atoms with van der Waals surface area (Å²) in [7, 11) is 0. The van der Waals surface area contributed by atoms with Crippen LogP contribution in [0.25, 0.3) is 0 Å². The second kappa shape index (κ2) is 6.79. The van der Waals surface area contributed by atoms with Gasteiger partial charge in [0.15, 0.2) is 0 Å². The van der Waals surface area contributed by atoms with Gasteiger partial charge in [-0.25, -0.2) is 0 Å². The van der Waals surface area contributed by atoms with Crippen LogP contribution in [0.4, 0.5) is 5.69 Å². The quantitative estimate of drug-likeness (QED) is 0.941. The van der Waals surface area contributed by atoms with E-state index in [0.29, 0.717) is 29.2 Å². The highest BCUT2D eigenvalue weighted by Gasteiger charge is 2.34. The lowest BCUT2D eigenvalue weighted by atomic mass is 10.1. The lowest BCUT2D eigenvalue weighted by molar-refractivity contribution is -0.119. The minimum atomic E-state index is -0.452. The van der Waals surface area contributed by atoms with Crippen molar-refractivity contribution in [1.82, 2.24) is 9.88 Å². The van der Waals surface area contributed by atoms with Gasteiger partial charge in [-0.2, -0.15) is 0 Å². The van der Waals surface area contributed by atoms with Gasteiger partial charge in [0.1, 0.15) is 6.04 Å². The number of aromatic nitrogens is 1. The van der Waals surface area contributed by atoms with Crippen LogP contribution in [0.2, 0.25) is 5.02 Å². The van der Waals surface area contributed by atoms with Gasteiger partial charge in [-0.05, 0) is 49.2 Å². The highest BCUT2D eigenvalue weighted by molar-refractivity contribution is 6.30. The summed E-state index contributed by atoms with van der Waals surface area (Å²) >= 11 is 5.84. The van der Waals surface area contributed by atoms with Crippen LogP contribution in [-0.2, 0) is 4.79 Å². The SMILES string of the molecule is O=C(Nc1ccc(Cl)cc1)[C@@H]1CCCN1C(=O)c1ccncc1. The Bertz CT molecular complexity index is 704. The third-order valence-corrected chi connectivity index (χ3v) is 4.11. The summed E-state index contributed by atoms with van der Waals surface area (Å²) < 4.78 is 0. The summed E-state index contributed by atoms with van der Waals surface area (Å²) in [4.78, 5) is 30.6. The molecule has 1 saturated heterocycles. The maximum Gasteiger partial charge on any atom is 0.254 e. The molecule has 2 amide bonds. The number of benzene rings is 1. The van der Waals surface area contributed by atoms with Crippen molar-refractivity contribution in [3.05, 3.63) is 59.4 Å². The first kappa shape index (κ1) is 15.5. The molecule has 23 heavy (non-hydrogen) atoms. The van der Waals surface area contributed by atoms with Crippen molar-refractivity contribution in [1.29, 1.82) is 0 Å². The fraction of sp³-hybridized carbons (Fsp3) is 0.235. The van der Waals surface area contributed by atoms with Crippen LogP contribution in [0, 0.1) is 0 Å². The number of rotatable bonds is 3. The highest BCUT2D eigenvalue weighted by Crippen LogP contribution is 2.22. The third kappa shape index (κ3) is 3.51. The first-order valence-electron chi connectivity index (χ1n) is 7.42. The number of anilines is 1. The van der Waals surface area contributed by atoms with E-state index in [1.165, 1.54) is 0 Å². The summed E-state index contributed by atoms with van der Waals surface area (Å²) in [5.74, 6) is -0.312. The molecule has 1 aliphatic heterocycles. The van der Waals surface area contributed by atoms with E-state index in [0.717, 1.165) is 6.42 Å². The highest BCUT2D eigenvalue weighted by atomic mass is 35.5. The second-order valence-electron chi connectivity index (χ2n) is 5.39. The van der Waals surface area contributed by atoms with Gasteiger partial charge in [-0.3, -0.25) is 14.6 Å². The van der Waals surface area contributed by atoms with Crippen molar-refractivity contribution in [3.63, 3.8) is 0 Å². The Morgan fingerprint density at radius 2 is 1.83 bits per heavy atom. The van der Waals surface area contributed by atoms with Crippen molar-refractivity contribution in [2.24, 2.45) is 0 Å². The molecule has 6 heteroatoms. The number of pyridine rings is 1. The number of likely N-dealkylation sites (tertiary alicyclic amines) is 1. The van der Waals surface area contributed by atoms with Gasteiger partial charge < -0.3 is 10.2 Å². The average Bonchev–Trinajstić information content (AvgIpc) is 3.07. The van der Waals surface area contributed by atoms with Crippen LogP contribution in [-0.4, -0.2) is 34.3 Å². The van der Waals surface area contributed by atoms with E-state index in [1.54, 1.807) is 53.7 Å². The van der Waals surface area contributed by atoms with E-state index in [9.17, 15) is 9.59 Å². The van der Waals surface area contributed by atoms with Crippen LogP contribution in [0.5, 0.6) is 0 Å². The topological polar surface area (TPSA) is 62.3 Å². The Morgan fingerprint density at radius 3 is 2.52 bits per heavy atom. The second-order valence-corrected chi connectivity index (χ2v) is 5.83. The zero-order chi connectivity index (χ0) is 16.2. The lowest BCUT2D eigenvalue weighted by Crippen LogP contribution is -2.43. The van der Waals surface area contributed by atoms with Crippen molar-refractivity contribution in [2.45, 2.75) is 18.9 Å². The summed E-state index contributed by atoms with van der Waals surface area (Å²) in [6, 6.07) is 9.78. The number of nitrogens with one attached hydrogen (secondary N) is 1. The summed E-state index contributed by atoms with van der Waals surface area (Å²) in [5.41, 5.74) is 1.22. The van der Waals surface area contributed by atoms with Crippen molar-refractivity contribution in [3.8, 4) is 0 Å². The molecule has 1 aromatic carbocycles. The molecule has 118 valence electrons. The summed E-state index contributed by atoms with van der Waals surface area (Å²) in [6.45, 7) is 0.583. The fourth-order valence-electron chi connectivity index (χ4n) is 2.70. The Morgan fingerprint density at radius 1 is 1.13 bits per heavy atom. The number of amides is 2. The predicted molar refractivity (Wildman–Crippen MR) is 88.4 cm³/mol. The molecule has 1 aromatic heterocycles. The largest absolute Gasteiger partial charge is 0.327 e. The Kier molecular flexibility index (Phi) is 4.57. The minimum absolute atomic E-state index is 0.138. The number of hydrogen-bond donors (Lipinski definition) is 1. The molecule has 5 nitrogen and oxygen atoms in total. The van der Waals surface area contributed by atoms with Gasteiger partial charge >= 0.3 is 0 Å². The zero-order valence-electron chi connectivity index (χ0n) is 12.4. The molecule has 0 aliphatic carbocycles. The first-order valence-corrected chi connectivity index (χ1v) is 7.80.